The van der Waals surface area contributed by atoms with Gasteiger partial charge in [-0.05, 0) is 25.1 Å². The summed E-state index contributed by atoms with van der Waals surface area (Å²) in [6, 6.07) is 14.7. The highest BCUT2D eigenvalue weighted by Gasteiger charge is 2.51. The fourth-order valence-corrected chi connectivity index (χ4v) is 4.27. The van der Waals surface area contributed by atoms with E-state index in [1.165, 1.54) is 0 Å². The third kappa shape index (κ3) is 3.78. The van der Waals surface area contributed by atoms with Gasteiger partial charge in [0.15, 0.2) is 11.4 Å². The Morgan fingerprint density at radius 3 is 2.37 bits per heavy atom. The largest absolute Gasteiger partial charge is 0.375 e. The fraction of sp³-hybridized carbons (Fsp3) is 0.417. The molecule has 0 aromatic heterocycles. The minimum absolute atomic E-state index is 0.232. The molecular formula is C24H29N3O3. The van der Waals surface area contributed by atoms with E-state index in [2.05, 4.69) is 23.8 Å². The number of anilines is 1. The van der Waals surface area contributed by atoms with Gasteiger partial charge in [-0.2, -0.15) is 0 Å². The number of amides is 1. The molecule has 2 aliphatic rings. The van der Waals surface area contributed by atoms with E-state index in [1.54, 1.807) is 29.2 Å². The quantitative estimate of drug-likeness (QED) is 0.745. The first-order valence-electron chi connectivity index (χ1n) is 10.6. The summed E-state index contributed by atoms with van der Waals surface area (Å²) in [5, 5.41) is 11.4. The number of aryl methyl sites for hydroxylation is 1. The zero-order chi connectivity index (χ0) is 21.3. The Balaban J connectivity index is 1.57. The maximum absolute atomic E-state index is 13.4. The van der Waals surface area contributed by atoms with Gasteiger partial charge >= 0.3 is 0 Å². The molecule has 1 saturated heterocycles. The number of benzene rings is 2. The first kappa shape index (κ1) is 20.7. The summed E-state index contributed by atoms with van der Waals surface area (Å²) in [6.07, 6.45) is 0.638. The molecule has 1 N–H and O–H groups in total. The number of likely N-dealkylation sites (N-methyl/N-ethyl adjacent to an activating group) is 1. The van der Waals surface area contributed by atoms with Crippen LogP contribution in [0.1, 0.15) is 34.8 Å². The molecule has 2 aliphatic heterocycles. The molecular weight excluding hydrogens is 378 g/mol. The number of carbonyl (C=O) groups is 2. The van der Waals surface area contributed by atoms with Crippen LogP contribution < -0.4 is 4.90 Å². The number of piperazine rings is 1. The van der Waals surface area contributed by atoms with Gasteiger partial charge < -0.3 is 10.0 Å². The molecule has 0 spiro atoms. The average Bonchev–Trinajstić information content (AvgIpc) is 2.97. The first-order chi connectivity index (χ1) is 14.4. The molecule has 0 aliphatic carbocycles. The Morgan fingerprint density at radius 2 is 1.70 bits per heavy atom. The molecule has 6 nitrogen and oxygen atoms in total. The molecule has 1 amide bonds. The summed E-state index contributed by atoms with van der Waals surface area (Å²) in [6.45, 7) is 6.10. The van der Waals surface area contributed by atoms with E-state index in [-0.39, 0.29) is 12.2 Å². The molecule has 6 heteroatoms. The van der Waals surface area contributed by atoms with Gasteiger partial charge in [-0.1, -0.05) is 49.4 Å². The smallest absolute Gasteiger partial charge is 0.265 e. The number of ketones is 1. The molecule has 0 bridgehead atoms. The third-order valence-corrected chi connectivity index (χ3v) is 6.28. The lowest BCUT2D eigenvalue weighted by Crippen LogP contribution is -2.51. The number of hydrogen-bond acceptors (Lipinski definition) is 5. The molecule has 2 aromatic carbocycles. The number of nitrogens with zero attached hydrogens (tertiary/aromatic N) is 3. The van der Waals surface area contributed by atoms with Crippen LogP contribution in [0.25, 0.3) is 0 Å². The minimum atomic E-state index is -1.83. The Labute approximate surface area is 177 Å². The molecule has 158 valence electrons. The van der Waals surface area contributed by atoms with Crippen molar-refractivity contribution in [2.24, 2.45) is 0 Å². The Kier molecular flexibility index (Phi) is 5.73. The monoisotopic (exact) mass is 407 g/mol. The molecule has 0 saturated carbocycles. The van der Waals surface area contributed by atoms with E-state index in [0.717, 1.165) is 38.2 Å². The first-order valence-corrected chi connectivity index (χ1v) is 10.6. The van der Waals surface area contributed by atoms with Gasteiger partial charge in [0.2, 0.25) is 0 Å². The van der Waals surface area contributed by atoms with Crippen molar-refractivity contribution in [2.45, 2.75) is 25.4 Å². The number of fused-ring (bicyclic) bond motifs is 1. The molecule has 2 aromatic rings. The van der Waals surface area contributed by atoms with Crippen LogP contribution in [0.3, 0.4) is 0 Å². The van der Waals surface area contributed by atoms with Gasteiger partial charge in [0.1, 0.15) is 0 Å². The van der Waals surface area contributed by atoms with Crippen LogP contribution in [0, 0.1) is 0 Å². The summed E-state index contributed by atoms with van der Waals surface area (Å²) in [5.74, 6) is -0.647. The van der Waals surface area contributed by atoms with Crippen LogP contribution in [0.4, 0.5) is 5.69 Å². The van der Waals surface area contributed by atoms with Gasteiger partial charge in [-0.15, -0.1) is 0 Å². The minimum Gasteiger partial charge on any atom is -0.375 e. The second kappa shape index (κ2) is 8.30. The highest BCUT2D eigenvalue weighted by molar-refractivity contribution is 6.10. The summed E-state index contributed by atoms with van der Waals surface area (Å²) in [5.41, 5.74) is 1.04. The summed E-state index contributed by atoms with van der Waals surface area (Å²) >= 11 is 0. The SMILES string of the molecule is CCc1ccc(C(=O)C[C@]2(O)C(=O)N(CN3CCN(C)CC3)c3ccccc32)cc1. The molecule has 2 heterocycles. The van der Waals surface area contributed by atoms with E-state index in [4.69, 9.17) is 0 Å². The predicted octanol–water partition coefficient (Wildman–Crippen LogP) is 2.26. The van der Waals surface area contributed by atoms with E-state index < -0.39 is 11.5 Å². The second-order valence-electron chi connectivity index (χ2n) is 8.32. The van der Waals surface area contributed by atoms with Gasteiger partial charge in [0, 0.05) is 37.3 Å². The zero-order valence-corrected chi connectivity index (χ0v) is 17.7. The third-order valence-electron chi connectivity index (χ3n) is 6.28. The normalized spacial score (nSPS) is 22.4. The van der Waals surface area contributed by atoms with Gasteiger partial charge in [-0.3, -0.25) is 19.4 Å². The van der Waals surface area contributed by atoms with Crippen molar-refractivity contribution >= 4 is 17.4 Å². The van der Waals surface area contributed by atoms with Gasteiger partial charge in [-0.25, -0.2) is 0 Å². The Bertz CT molecular complexity index is 935. The van der Waals surface area contributed by atoms with E-state index >= 15 is 0 Å². The van der Waals surface area contributed by atoms with Gasteiger partial charge in [0.05, 0.1) is 18.8 Å². The lowest BCUT2D eigenvalue weighted by molar-refractivity contribution is -0.136. The lowest BCUT2D eigenvalue weighted by atomic mass is 9.88. The molecule has 1 fully saturated rings. The molecule has 4 rings (SSSR count). The van der Waals surface area contributed by atoms with E-state index in [1.807, 2.05) is 24.3 Å². The number of aliphatic hydroxyl groups is 1. The van der Waals surface area contributed by atoms with Crippen molar-refractivity contribution in [1.29, 1.82) is 0 Å². The molecule has 1 atom stereocenters. The van der Waals surface area contributed by atoms with Crippen LogP contribution >= 0.6 is 0 Å². The van der Waals surface area contributed by atoms with Crippen LogP contribution in [-0.4, -0.2) is 66.5 Å². The second-order valence-corrected chi connectivity index (χ2v) is 8.32. The van der Waals surface area contributed by atoms with Crippen molar-refractivity contribution in [2.75, 3.05) is 44.8 Å². The molecule has 0 radical (unpaired) electrons. The number of rotatable bonds is 6. The highest BCUT2D eigenvalue weighted by atomic mass is 16.3. The average molecular weight is 408 g/mol. The molecule has 30 heavy (non-hydrogen) atoms. The predicted molar refractivity (Wildman–Crippen MR) is 117 cm³/mol. The highest BCUT2D eigenvalue weighted by Crippen LogP contribution is 2.42. The van der Waals surface area contributed by atoms with Crippen LogP contribution in [0.15, 0.2) is 48.5 Å². The summed E-state index contributed by atoms with van der Waals surface area (Å²) in [7, 11) is 2.09. The van der Waals surface area contributed by atoms with E-state index in [0.29, 0.717) is 23.5 Å². The Hall–Kier alpha value is -2.54. The summed E-state index contributed by atoms with van der Waals surface area (Å²) < 4.78 is 0. The number of para-hydroxylation sites is 1. The molecule has 0 unspecified atom stereocenters. The summed E-state index contributed by atoms with van der Waals surface area (Å²) in [4.78, 5) is 32.4. The van der Waals surface area contributed by atoms with Crippen molar-refractivity contribution in [3.63, 3.8) is 0 Å². The number of Topliss-reactive ketones (excluding diaryl/α,β-unsaturated/α-hetero) is 1. The lowest BCUT2D eigenvalue weighted by Gasteiger charge is -2.35. The van der Waals surface area contributed by atoms with Crippen LogP contribution in [0.2, 0.25) is 0 Å². The van der Waals surface area contributed by atoms with Crippen LogP contribution in [-0.2, 0) is 16.8 Å². The zero-order valence-electron chi connectivity index (χ0n) is 17.7. The Morgan fingerprint density at radius 1 is 1.03 bits per heavy atom. The topological polar surface area (TPSA) is 64.1 Å². The maximum atomic E-state index is 13.4. The maximum Gasteiger partial charge on any atom is 0.265 e. The van der Waals surface area contributed by atoms with Crippen molar-refractivity contribution in [3.8, 4) is 0 Å². The fourth-order valence-electron chi connectivity index (χ4n) is 4.27. The van der Waals surface area contributed by atoms with Crippen LogP contribution in [0.5, 0.6) is 0 Å². The van der Waals surface area contributed by atoms with Crippen molar-refractivity contribution in [1.82, 2.24) is 9.80 Å². The number of carbonyl (C=O) groups excluding carboxylic acids is 2. The number of hydrogen-bond donors (Lipinski definition) is 1. The van der Waals surface area contributed by atoms with Crippen molar-refractivity contribution in [3.05, 3.63) is 65.2 Å². The van der Waals surface area contributed by atoms with Gasteiger partial charge in [0.25, 0.3) is 5.91 Å². The standard InChI is InChI=1S/C24H29N3O3/c1-3-18-8-10-19(11-9-18)22(28)16-24(30)20-6-4-5-7-21(20)27(23(24)29)17-26-14-12-25(2)13-15-26/h4-11,30H,3,12-17H2,1-2H3/t24-/m1/s1. The van der Waals surface area contributed by atoms with Crippen molar-refractivity contribution < 1.29 is 14.7 Å². The van der Waals surface area contributed by atoms with E-state index in [9.17, 15) is 14.7 Å².